The van der Waals surface area contributed by atoms with E-state index < -0.39 is 17.3 Å². The molecule has 7 nitrogen and oxygen atoms in total. The molecule has 1 aromatic heterocycles. The van der Waals surface area contributed by atoms with Gasteiger partial charge in [-0.25, -0.2) is 9.78 Å². The molecule has 0 saturated carbocycles. The molecule has 1 amide bonds. The Kier molecular flexibility index (Phi) is 4.80. The molecule has 0 radical (unpaired) electrons. The van der Waals surface area contributed by atoms with Crippen LogP contribution in [-0.2, 0) is 15.3 Å². The summed E-state index contributed by atoms with van der Waals surface area (Å²) in [6, 6.07) is 9.36. The van der Waals surface area contributed by atoms with Crippen molar-refractivity contribution in [1.82, 2.24) is 4.98 Å². The Labute approximate surface area is 148 Å². The second-order valence-electron chi connectivity index (χ2n) is 5.51. The number of carbonyl (C=O) groups excluding carboxylic acids is 1. The largest absolute Gasteiger partial charge is 0.497 e. The van der Waals surface area contributed by atoms with Crippen LogP contribution >= 0.6 is 11.8 Å². The van der Waals surface area contributed by atoms with E-state index in [0.29, 0.717) is 23.0 Å². The van der Waals surface area contributed by atoms with Crippen LogP contribution in [0.1, 0.15) is 5.56 Å². The molecule has 0 spiro atoms. The van der Waals surface area contributed by atoms with Crippen molar-refractivity contribution in [1.29, 1.82) is 0 Å². The standard InChI is InChI=1S/C17H17N3O4S/c1-24-12-4-2-11(3-5-12)20-14(17(22)23)15(16(20)21)25-9-10-6-7-19-13(18)8-10/h2-8,14-15H,9H2,1H3,(H2,18,19)(H,22,23). The first kappa shape index (κ1) is 17.1. The minimum atomic E-state index is -1.03. The molecule has 1 aliphatic heterocycles. The lowest BCUT2D eigenvalue weighted by atomic mass is 10.00. The molecule has 1 aliphatic rings. The van der Waals surface area contributed by atoms with Gasteiger partial charge in [0.15, 0.2) is 6.04 Å². The number of hydrogen-bond donors (Lipinski definition) is 2. The number of anilines is 2. The van der Waals surface area contributed by atoms with Crippen LogP contribution in [-0.4, -0.2) is 40.4 Å². The van der Waals surface area contributed by atoms with Gasteiger partial charge < -0.3 is 15.6 Å². The lowest BCUT2D eigenvalue weighted by molar-refractivity contribution is -0.144. The van der Waals surface area contributed by atoms with Gasteiger partial charge in [-0.1, -0.05) is 0 Å². The molecule has 0 bridgehead atoms. The van der Waals surface area contributed by atoms with Crippen LogP contribution in [0.15, 0.2) is 42.6 Å². The third-order valence-corrected chi connectivity index (χ3v) is 5.24. The van der Waals surface area contributed by atoms with Crippen LogP contribution < -0.4 is 15.4 Å². The van der Waals surface area contributed by atoms with Gasteiger partial charge in [-0.05, 0) is 42.0 Å². The summed E-state index contributed by atoms with van der Waals surface area (Å²) in [6.07, 6.45) is 1.59. The van der Waals surface area contributed by atoms with Crippen molar-refractivity contribution in [2.24, 2.45) is 0 Å². The summed E-state index contributed by atoms with van der Waals surface area (Å²) in [5, 5.41) is 8.90. The molecular weight excluding hydrogens is 342 g/mol. The van der Waals surface area contributed by atoms with Crippen LogP contribution in [0.5, 0.6) is 5.75 Å². The Balaban J connectivity index is 1.73. The number of rotatable bonds is 6. The highest BCUT2D eigenvalue weighted by Crippen LogP contribution is 2.37. The summed E-state index contributed by atoms with van der Waals surface area (Å²) in [5.74, 6) is 0.285. The van der Waals surface area contributed by atoms with Gasteiger partial charge >= 0.3 is 5.97 Å². The second kappa shape index (κ2) is 7.02. The number of carbonyl (C=O) groups is 2. The predicted molar refractivity (Wildman–Crippen MR) is 95.6 cm³/mol. The van der Waals surface area contributed by atoms with E-state index in [1.54, 1.807) is 49.7 Å². The molecule has 8 heteroatoms. The number of nitrogens with zero attached hydrogens (tertiary/aromatic N) is 2. The third-order valence-electron chi connectivity index (χ3n) is 3.92. The number of nitrogen functional groups attached to an aromatic ring is 1. The Hall–Kier alpha value is -2.74. The summed E-state index contributed by atoms with van der Waals surface area (Å²) in [4.78, 5) is 29.4. The highest BCUT2D eigenvalue weighted by atomic mass is 32.2. The number of ether oxygens (including phenoxy) is 1. The van der Waals surface area contributed by atoms with Crippen molar-refractivity contribution in [2.75, 3.05) is 17.7 Å². The molecular formula is C17H17N3O4S. The number of amides is 1. The van der Waals surface area contributed by atoms with Crippen LogP contribution in [0.25, 0.3) is 0 Å². The van der Waals surface area contributed by atoms with E-state index in [-0.39, 0.29) is 5.91 Å². The number of β-lactam (4-membered cyclic amide) rings is 1. The minimum absolute atomic E-state index is 0.218. The van der Waals surface area contributed by atoms with E-state index >= 15 is 0 Å². The number of methoxy groups -OCH3 is 1. The van der Waals surface area contributed by atoms with E-state index in [4.69, 9.17) is 10.5 Å². The second-order valence-corrected chi connectivity index (χ2v) is 6.64. The molecule has 25 heavy (non-hydrogen) atoms. The molecule has 130 valence electrons. The summed E-state index contributed by atoms with van der Waals surface area (Å²) in [7, 11) is 1.54. The number of carboxylic acid groups (broad SMARTS) is 1. The molecule has 1 aromatic carbocycles. The molecule has 3 rings (SSSR count). The van der Waals surface area contributed by atoms with Crippen molar-refractivity contribution in [2.45, 2.75) is 17.0 Å². The number of carboxylic acids is 1. The van der Waals surface area contributed by atoms with Crippen LogP contribution in [0.2, 0.25) is 0 Å². The number of thioether (sulfide) groups is 1. The zero-order chi connectivity index (χ0) is 18.0. The van der Waals surface area contributed by atoms with Crippen LogP contribution in [0.3, 0.4) is 0 Å². The number of benzene rings is 1. The van der Waals surface area contributed by atoms with Gasteiger partial charge in [-0.15, -0.1) is 11.8 Å². The number of aliphatic carboxylic acids is 1. The number of nitrogens with two attached hydrogens (primary N) is 1. The van der Waals surface area contributed by atoms with Crippen molar-refractivity contribution in [3.05, 3.63) is 48.2 Å². The summed E-state index contributed by atoms with van der Waals surface area (Å²) < 4.78 is 5.08. The average molecular weight is 359 g/mol. The highest BCUT2D eigenvalue weighted by Gasteiger charge is 2.52. The zero-order valence-electron chi connectivity index (χ0n) is 13.5. The molecule has 2 unspecified atom stereocenters. The Morgan fingerprint density at radius 1 is 1.36 bits per heavy atom. The van der Waals surface area contributed by atoms with Gasteiger partial charge in [-0.2, -0.15) is 0 Å². The van der Waals surface area contributed by atoms with Crippen molar-refractivity contribution < 1.29 is 19.4 Å². The van der Waals surface area contributed by atoms with Gasteiger partial charge in [-0.3, -0.25) is 9.69 Å². The Bertz CT molecular complexity index is 797. The maximum Gasteiger partial charge on any atom is 0.328 e. The monoisotopic (exact) mass is 359 g/mol. The first-order valence-corrected chi connectivity index (χ1v) is 8.58. The topological polar surface area (TPSA) is 106 Å². The maximum atomic E-state index is 12.5. The third kappa shape index (κ3) is 3.39. The molecule has 1 saturated heterocycles. The molecule has 2 heterocycles. The van der Waals surface area contributed by atoms with E-state index in [1.165, 1.54) is 16.7 Å². The predicted octanol–water partition coefficient (Wildman–Crippen LogP) is 1.77. The smallest absolute Gasteiger partial charge is 0.328 e. The van der Waals surface area contributed by atoms with Gasteiger partial charge in [0.05, 0.1) is 7.11 Å². The molecule has 1 fully saturated rings. The number of aromatic nitrogens is 1. The van der Waals surface area contributed by atoms with Gasteiger partial charge in [0, 0.05) is 17.6 Å². The Morgan fingerprint density at radius 3 is 2.68 bits per heavy atom. The Morgan fingerprint density at radius 2 is 2.08 bits per heavy atom. The first-order chi connectivity index (χ1) is 12.0. The van der Waals surface area contributed by atoms with Crippen LogP contribution in [0.4, 0.5) is 11.5 Å². The molecule has 2 atom stereocenters. The molecule has 0 aliphatic carbocycles. The van der Waals surface area contributed by atoms with Crippen molar-refractivity contribution in [3.8, 4) is 5.75 Å². The normalized spacial score (nSPS) is 19.4. The zero-order valence-corrected chi connectivity index (χ0v) is 14.3. The lowest BCUT2D eigenvalue weighted by Crippen LogP contribution is -2.67. The van der Waals surface area contributed by atoms with Gasteiger partial charge in [0.2, 0.25) is 5.91 Å². The van der Waals surface area contributed by atoms with E-state index in [1.807, 2.05) is 0 Å². The SMILES string of the molecule is COc1ccc(N2C(=O)C(SCc3ccnc(N)c3)C2C(=O)O)cc1. The number of hydrogen-bond acceptors (Lipinski definition) is 6. The van der Waals surface area contributed by atoms with E-state index in [2.05, 4.69) is 4.98 Å². The van der Waals surface area contributed by atoms with E-state index in [0.717, 1.165) is 5.56 Å². The average Bonchev–Trinajstić information content (AvgIpc) is 2.60. The van der Waals surface area contributed by atoms with Gasteiger partial charge in [0.25, 0.3) is 0 Å². The summed E-state index contributed by atoms with van der Waals surface area (Å²) in [5.41, 5.74) is 7.08. The minimum Gasteiger partial charge on any atom is -0.497 e. The van der Waals surface area contributed by atoms with Crippen LogP contribution in [0, 0.1) is 0 Å². The fraction of sp³-hybridized carbons (Fsp3) is 0.235. The highest BCUT2D eigenvalue weighted by molar-refractivity contribution is 8.00. The van der Waals surface area contributed by atoms with Gasteiger partial charge in [0.1, 0.15) is 16.8 Å². The molecule has 2 aromatic rings. The van der Waals surface area contributed by atoms with E-state index in [9.17, 15) is 14.7 Å². The first-order valence-electron chi connectivity index (χ1n) is 7.53. The fourth-order valence-corrected chi connectivity index (χ4v) is 3.89. The lowest BCUT2D eigenvalue weighted by Gasteiger charge is -2.44. The maximum absolute atomic E-state index is 12.5. The molecule has 3 N–H and O–H groups in total. The quantitative estimate of drug-likeness (QED) is 0.757. The number of pyridine rings is 1. The summed E-state index contributed by atoms with van der Waals surface area (Å²) >= 11 is 1.30. The fourth-order valence-electron chi connectivity index (χ4n) is 2.67. The van der Waals surface area contributed by atoms with Crippen molar-refractivity contribution in [3.63, 3.8) is 0 Å². The van der Waals surface area contributed by atoms with Crippen molar-refractivity contribution >= 4 is 35.1 Å². The summed E-state index contributed by atoms with van der Waals surface area (Å²) in [6.45, 7) is 0.